The highest BCUT2D eigenvalue weighted by Gasteiger charge is 2.23. The molecule has 3 aromatic rings. The molecule has 4 rings (SSSR count). The maximum atomic E-state index is 13.1. The van der Waals surface area contributed by atoms with Crippen molar-refractivity contribution in [3.63, 3.8) is 0 Å². The number of carbonyl (C=O) groups excluding carboxylic acids is 1. The summed E-state index contributed by atoms with van der Waals surface area (Å²) in [6.07, 6.45) is 0.837. The lowest BCUT2D eigenvalue weighted by molar-refractivity contribution is 0.0986. The van der Waals surface area contributed by atoms with E-state index in [0.717, 1.165) is 22.2 Å². The lowest BCUT2D eigenvalue weighted by atomic mass is 10.1. The number of hydrogen-bond acceptors (Lipinski definition) is 5. The second-order valence-electron chi connectivity index (χ2n) is 6.05. The quantitative estimate of drug-likeness (QED) is 0.531. The molecule has 1 aliphatic rings. The molecule has 5 nitrogen and oxygen atoms in total. The highest BCUT2D eigenvalue weighted by atomic mass is 79.9. The Hall–Kier alpha value is -2.38. The van der Waals surface area contributed by atoms with Crippen LogP contribution in [0.2, 0.25) is 0 Å². The van der Waals surface area contributed by atoms with Crippen molar-refractivity contribution in [3.8, 4) is 22.8 Å². The Kier molecular flexibility index (Phi) is 5.13. The second kappa shape index (κ2) is 7.70. The number of nitrogens with zero attached hydrogens (tertiary/aromatic N) is 2. The molecule has 2 aromatic carbocycles. The summed E-state index contributed by atoms with van der Waals surface area (Å²) >= 11 is 4.91. The summed E-state index contributed by atoms with van der Waals surface area (Å²) in [6.45, 7) is 2.83. The first-order valence-electron chi connectivity index (χ1n) is 8.58. The van der Waals surface area contributed by atoms with Gasteiger partial charge < -0.3 is 9.47 Å². The Morgan fingerprint density at radius 2 is 1.96 bits per heavy atom. The number of amides is 1. The molecule has 0 atom stereocenters. The van der Waals surface area contributed by atoms with Crippen molar-refractivity contribution in [3.05, 3.63) is 57.9 Å². The first-order valence-corrected chi connectivity index (χ1v) is 10.3. The molecule has 0 aliphatic carbocycles. The van der Waals surface area contributed by atoms with E-state index in [9.17, 15) is 4.79 Å². The number of anilines is 1. The number of aromatic nitrogens is 1. The van der Waals surface area contributed by atoms with Crippen LogP contribution >= 0.6 is 27.3 Å². The number of ether oxygens (including phenoxy) is 2. The normalized spacial score (nSPS) is 12.2. The lowest BCUT2D eigenvalue weighted by Crippen LogP contribution is -2.31. The Bertz CT molecular complexity index is 972. The summed E-state index contributed by atoms with van der Waals surface area (Å²) in [5.74, 6) is 1.18. The first-order chi connectivity index (χ1) is 13.2. The Balaban J connectivity index is 1.62. The molecular weight excluding hydrogens is 428 g/mol. The summed E-state index contributed by atoms with van der Waals surface area (Å²) in [5.41, 5.74) is 2.45. The minimum Gasteiger partial charge on any atom is -0.454 e. The molecular formula is C20H17BrN2O3S. The van der Waals surface area contributed by atoms with Gasteiger partial charge in [0.2, 0.25) is 6.79 Å². The zero-order chi connectivity index (χ0) is 18.8. The van der Waals surface area contributed by atoms with Crippen molar-refractivity contribution in [2.24, 2.45) is 0 Å². The van der Waals surface area contributed by atoms with Crippen LogP contribution in [0.25, 0.3) is 11.3 Å². The zero-order valence-electron chi connectivity index (χ0n) is 14.6. The van der Waals surface area contributed by atoms with Gasteiger partial charge in [-0.05, 0) is 36.8 Å². The van der Waals surface area contributed by atoms with E-state index in [-0.39, 0.29) is 12.7 Å². The number of fused-ring (bicyclic) bond motifs is 1. The molecule has 1 aliphatic heterocycles. The van der Waals surface area contributed by atoms with E-state index in [0.29, 0.717) is 28.7 Å². The Morgan fingerprint density at radius 3 is 2.74 bits per heavy atom. The second-order valence-corrected chi connectivity index (χ2v) is 7.80. The van der Waals surface area contributed by atoms with Gasteiger partial charge in [-0.25, -0.2) is 4.98 Å². The summed E-state index contributed by atoms with van der Waals surface area (Å²) in [5, 5.41) is 2.67. The van der Waals surface area contributed by atoms with E-state index < -0.39 is 0 Å². The molecule has 1 aromatic heterocycles. The van der Waals surface area contributed by atoms with Gasteiger partial charge in [0.05, 0.1) is 5.69 Å². The van der Waals surface area contributed by atoms with Crippen molar-refractivity contribution < 1.29 is 14.3 Å². The number of hydrogen-bond donors (Lipinski definition) is 0. The van der Waals surface area contributed by atoms with E-state index in [1.54, 1.807) is 23.1 Å². The predicted octanol–water partition coefficient (Wildman–Crippen LogP) is 5.36. The van der Waals surface area contributed by atoms with Crippen LogP contribution in [0.3, 0.4) is 0 Å². The zero-order valence-corrected chi connectivity index (χ0v) is 17.0. The van der Waals surface area contributed by atoms with Crippen LogP contribution in [0.5, 0.6) is 11.5 Å². The molecule has 0 bridgehead atoms. The summed E-state index contributed by atoms with van der Waals surface area (Å²) in [4.78, 5) is 19.5. The van der Waals surface area contributed by atoms with Crippen LogP contribution in [-0.4, -0.2) is 24.2 Å². The van der Waals surface area contributed by atoms with Crippen molar-refractivity contribution in [1.29, 1.82) is 0 Å². The Morgan fingerprint density at radius 1 is 1.19 bits per heavy atom. The fraction of sp³-hybridized carbons (Fsp3) is 0.200. The first kappa shape index (κ1) is 18.0. The minimum atomic E-state index is -0.0909. The van der Waals surface area contributed by atoms with Crippen molar-refractivity contribution >= 4 is 38.3 Å². The average Bonchev–Trinajstić information content (AvgIpc) is 3.35. The van der Waals surface area contributed by atoms with Gasteiger partial charge in [-0.2, -0.15) is 0 Å². The third kappa shape index (κ3) is 3.70. The standard InChI is InChI=1S/C20H17BrN2O3S/c1-2-9-23(19(24)14-5-8-17-18(10-14)26-12-25-17)20-22-16(11-27-20)13-3-6-15(21)7-4-13/h3-8,10-11H,2,9,12H2,1H3. The van der Waals surface area contributed by atoms with Gasteiger partial charge in [-0.1, -0.05) is 35.0 Å². The maximum absolute atomic E-state index is 13.1. The molecule has 7 heteroatoms. The van der Waals surface area contributed by atoms with Crippen LogP contribution in [0, 0.1) is 0 Å². The van der Waals surface area contributed by atoms with Crippen LogP contribution in [-0.2, 0) is 0 Å². The molecule has 0 radical (unpaired) electrons. The summed E-state index contributed by atoms with van der Waals surface area (Å²) in [6, 6.07) is 13.2. The van der Waals surface area contributed by atoms with Gasteiger partial charge >= 0.3 is 0 Å². The predicted molar refractivity (Wildman–Crippen MR) is 110 cm³/mol. The highest BCUT2D eigenvalue weighted by molar-refractivity contribution is 9.10. The van der Waals surface area contributed by atoms with Crippen molar-refractivity contribution in [2.75, 3.05) is 18.2 Å². The van der Waals surface area contributed by atoms with Crippen LogP contribution in [0.4, 0.5) is 5.13 Å². The number of rotatable bonds is 5. The van der Waals surface area contributed by atoms with Gasteiger partial charge in [-0.3, -0.25) is 9.69 Å². The number of thiazole rings is 1. The highest BCUT2D eigenvalue weighted by Crippen LogP contribution is 2.34. The molecule has 0 fully saturated rings. The SMILES string of the molecule is CCCN(C(=O)c1ccc2c(c1)OCO2)c1nc(-c2ccc(Br)cc2)cs1. The smallest absolute Gasteiger partial charge is 0.260 e. The molecule has 0 N–H and O–H groups in total. The molecule has 27 heavy (non-hydrogen) atoms. The molecule has 0 saturated heterocycles. The molecule has 1 amide bonds. The van der Waals surface area contributed by atoms with Gasteiger partial charge in [0.25, 0.3) is 5.91 Å². The van der Waals surface area contributed by atoms with Gasteiger partial charge in [-0.15, -0.1) is 11.3 Å². The number of halogens is 1. The van der Waals surface area contributed by atoms with E-state index in [2.05, 4.69) is 15.9 Å². The van der Waals surface area contributed by atoms with E-state index in [1.807, 2.05) is 36.6 Å². The monoisotopic (exact) mass is 444 g/mol. The number of carbonyl (C=O) groups is 1. The molecule has 2 heterocycles. The summed E-state index contributed by atoms with van der Waals surface area (Å²) in [7, 11) is 0. The average molecular weight is 445 g/mol. The molecule has 0 unspecified atom stereocenters. The van der Waals surface area contributed by atoms with Crippen molar-refractivity contribution in [2.45, 2.75) is 13.3 Å². The van der Waals surface area contributed by atoms with E-state index in [4.69, 9.17) is 14.5 Å². The van der Waals surface area contributed by atoms with Crippen LogP contribution in [0.1, 0.15) is 23.7 Å². The molecule has 0 saturated carbocycles. The lowest BCUT2D eigenvalue weighted by Gasteiger charge is -2.19. The van der Waals surface area contributed by atoms with Crippen molar-refractivity contribution in [1.82, 2.24) is 4.98 Å². The third-order valence-corrected chi connectivity index (χ3v) is 5.57. The van der Waals surface area contributed by atoms with Crippen LogP contribution < -0.4 is 14.4 Å². The third-order valence-electron chi connectivity index (χ3n) is 4.17. The Labute approximate surface area is 169 Å². The minimum absolute atomic E-state index is 0.0909. The fourth-order valence-corrected chi connectivity index (χ4v) is 3.96. The topological polar surface area (TPSA) is 51.7 Å². The fourth-order valence-electron chi connectivity index (χ4n) is 2.83. The van der Waals surface area contributed by atoms with Crippen LogP contribution in [0.15, 0.2) is 52.3 Å². The van der Waals surface area contributed by atoms with Gasteiger partial charge in [0.1, 0.15) is 0 Å². The maximum Gasteiger partial charge on any atom is 0.260 e. The largest absolute Gasteiger partial charge is 0.454 e. The van der Waals surface area contributed by atoms with E-state index >= 15 is 0 Å². The molecule has 138 valence electrons. The number of benzene rings is 2. The molecule has 0 spiro atoms. The summed E-state index contributed by atoms with van der Waals surface area (Å²) < 4.78 is 11.7. The van der Waals surface area contributed by atoms with Gasteiger partial charge in [0.15, 0.2) is 16.6 Å². The van der Waals surface area contributed by atoms with E-state index in [1.165, 1.54) is 11.3 Å². The van der Waals surface area contributed by atoms with Gasteiger partial charge in [0, 0.05) is 27.5 Å².